The lowest BCUT2D eigenvalue weighted by Crippen LogP contribution is -2.40. The predicted molar refractivity (Wildman–Crippen MR) is 83.5 cm³/mol. The summed E-state index contributed by atoms with van der Waals surface area (Å²) in [6, 6.07) is 7.64. The van der Waals surface area contributed by atoms with E-state index in [4.69, 9.17) is 9.47 Å². The Morgan fingerprint density at radius 1 is 1.32 bits per heavy atom. The molecule has 1 amide bonds. The number of alkyl carbamates (subject to hydrolysis) is 1. The van der Waals surface area contributed by atoms with Gasteiger partial charge in [0.2, 0.25) is 0 Å². The standard InChI is InChI=1S/C14H20INO3/c1-10(16-13(17)19-14(2,3)4)9-18-12-7-5-11(15)6-8-12/h5-8,10H,9H2,1-4H3,(H,16,17). The van der Waals surface area contributed by atoms with Crippen LogP contribution < -0.4 is 10.1 Å². The van der Waals surface area contributed by atoms with Gasteiger partial charge in [-0.1, -0.05) is 0 Å². The average Bonchev–Trinajstić information content (AvgIpc) is 2.25. The number of carbonyl (C=O) groups excluding carboxylic acids is 1. The minimum Gasteiger partial charge on any atom is -0.491 e. The second kappa shape index (κ2) is 6.98. The van der Waals surface area contributed by atoms with Crippen molar-refractivity contribution < 1.29 is 14.3 Å². The van der Waals surface area contributed by atoms with Crippen LogP contribution in [0.25, 0.3) is 0 Å². The predicted octanol–water partition coefficient (Wildman–Crippen LogP) is 3.58. The number of hydrogen-bond donors (Lipinski definition) is 1. The molecule has 1 aromatic rings. The summed E-state index contributed by atoms with van der Waals surface area (Å²) in [5, 5.41) is 2.73. The van der Waals surface area contributed by atoms with Gasteiger partial charge in [-0.2, -0.15) is 0 Å². The fourth-order valence-corrected chi connectivity index (χ4v) is 1.66. The first-order valence-electron chi connectivity index (χ1n) is 6.14. The maximum absolute atomic E-state index is 11.5. The van der Waals surface area contributed by atoms with E-state index in [1.165, 1.54) is 0 Å². The van der Waals surface area contributed by atoms with Crippen molar-refractivity contribution in [1.82, 2.24) is 5.32 Å². The van der Waals surface area contributed by atoms with E-state index in [2.05, 4.69) is 27.9 Å². The fourth-order valence-electron chi connectivity index (χ4n) is 1.30. The molecular formula is C14H20INO3. The average molecular weight is 377 g/mol. The van der Waals surface area contributed by atoms with Crippen LogP contribution in [-0.2, 0) is 4.74 Å². The molecule has 106 valence electrons. The molecule has 5 heteroatoms. The Hall–Kier alpha value is -0.980. The number of nitrogens with one attached hydrogen (secondary N) is 1. The summed E-state index contributed by atoms with van der Waals surface area (Å²) in [5.41, 5.74) is -0.485. The zero-order valence-corrected chi connectivity index (χ0v) is 13.9. The van der Waals surface area contributed by atoms with Crippen molar-refractivity contribution in [2.75, 3.05) is 6.61 Å². The molecule has 0 aliphatic heterocycles. The van der Waals surface area contributed by atoms with Crippen LogP contribution >= 0.6 is 22.6 Å². The van der Waals surface area contributed by atoms with E-state index < -0.39 is 11.7 Å². The number of carbonyl (C=O) groups is 1. The van der Waals surface area contributed by atoms with Gasteiger partial charge in [0.25, 0.3) is 0 Å². The van der Waals surface area contributed by atoms with Crippen molar-refractivity contribution in [2.24, 2.45) is 0 Å². The highest BCUT2D eigenvalue weighted by molar-refractivity contribution is 14.1. The lowest BCUT2D eigenvalue weighted by Gasteiger charge is -2.22. The molecule has 0 aliphatic rings. The lowest BCUT2D eigenvalue weighted by molar-refractivity contribution is 0.0494. The van der Waals surface area contributed by atoms with Crippen LogP contribution in [0.4, 0.5) is 4.79 Å². The third-order valence-electron chi connectivity index (χ3n) is 2.08. The van der Waals surface area contributed by atoms with Crippen molar-refractivity contribution in [3.05, 3.63) is 27.8 Å². The maximum Gasteiger partial charge on any atom is 0.407 e. The third-order valence-corrected chi connectivity index (χ3v) is 2.80. The van der Waals surface area contributed by atoms with Gasteiger partial charge in [0.15, 0.2) is 0 Å². The number of halogens is 1. The Balaban J connectivity index is 2.33. The molecule has 0 fully saturated rings. The minimum absolute atomic E-state index is 0.117. The molecule has 4 nitrogen and oxygen atoms in total. The summed E-state index contributed by atoms with van der Waals surface area (Å²) in [6.45, 7) is 7.77. The third kappa shape index (κ3) is 7.25. The highest BCUT2D eigenvalue weighted by Crippen LogP contribution is 2.13. The van der Waals surface area contributed by atoms with Crippen LogP contribution in [0.5, 0.6) is 5.75 Å². The molecule has 0 heterocycles. The number of hydrogen-bond acceptors (Lipinski definition) is 3. The van der Waals surface area contributed by atoms with E-state index in [9.17, 15) is 4.79 Å². The van der Waals surface area contributed by atoms with Gasteiger partial charge in [-0.3, -0.25) is 0 Å². The van der Waals surface area contributed by atoms with E-state index in [0.29, 0.717) is 6.61 Å². The summed E-state index contributed by atoms with van der Waals surface area (Å²) in [4.78, 5) is 11.5. The van der Waals surface area contributed by atoms with Crippen LogP contribution in [0.2, 0.25) is 0 Å². The molecule has 0 aliphatic carbocycles. The SMILES string of the molecule is CC(COc1ccc(I)cc1)NC(=O)OC(C)(C)C. The Morgan fingerprint density at radius 3 is 2.42 bits per heavy atom. The number of amides is 1. The molecule has 1 aromatic carbocycles. The second-order valence-electron chi connectivity index (χ2n) is 5.31. The number of ether oxygens (including phenoxy) is 2. The van der Waals surface area contributed by atoms with Crippen molar-refractivity contribution >= 4 is 28.7 Å². The van der Waals surface area contributed by atoms with E-state index in [1.54, 1.807) is 0 Å². The van der Waals surface area contributed by atoms with Crippen LogP contribution in [0.1, 0.15) is 27.7 Å². The quantitative estimate of drug-likeness (QED) is 0.816. The first kappa shape index (κ1) is 16.1. The molecule has 0 bridgehead atoms. The molecule has 1 rings (SSSR count). The van der Waals surface area contributed by atoms with Crippen molar-refractivity contribution in [1.29, 1.82) is 0 Å². The highest BCUT2D eigenvalue weighted by atomic mass is 127. The van der Waals surface area contributed by atoms with Crippen LogP contribution in [0, 0.1) is 3.57 Å². The molecule has 0 radical (unpaired) electrons. The van der Waals surface area contributed by atoms with Gasteiger partial charge in [-0.15, -0.1) is 0 Å². The van der Waals surface area contributed by atoms with Crippen LogP contribution in [0.15, 0.2) is 24.3 Å². The molecule has 0 aromatic heterocycles. The Bertz CT molecular complexity index is 412. The van der Waals surface area contributed by atoms with Crippen LogP contribution in [0.3, 0.4) is 0 Å². The summed E-state index contributed by atoms with van der Waals surface area (Å²) >= 11 is 2.24. The molecule has 1 atom stereocenters. The zero-order chi connectivity index (χ0) is 14.5. The summed E-state index contributed by atoms with van der Waals surface area (Å²) in [5.74, 6) is 0.790. The van der Waals surface area contributed by atoms with Gasteiger partial charge >= 0.3 is 6.09 Å². The van der Waals surface area contributed by atoms with E-state index in [0.717, 1.165) is 9.32 Å². The van der Waals surface area contributed by atoms with Gasteiger partial charge in [-0.25, -0.2) is 4.79 Å². The topological polar surface area (TPSA) is 47.6 Å². The Morgan fingerprint density at radius 2 is 1.89 bits per heavy atom. The largest absolute Gasteiger partial charge is 0.491 e. The van der Waals surface area contributed by atoms with Gasteiger partial charge in [-0.05, 0) is 74.6 Å². The molecule has 0 saturated heterocycles. The first-order chi connectivity index (χ1) is 8.76. The molecular weight excluding hydrogens is 357 g/mol. The number of benzene rings is 1. The summed E-state index contributed by atoms with van der Waals surface area (Å²) in [7, 11) is 0. The maximum atomic E-state index is 11.5. The normalized spacial score (nSPS) is 12.7. The summed E-state index contributed by atoms with van der Waals surface area (Å²) in [6.07, 6.45) is -0.425. The lowest BCUT2D eigenvalue weighted by atomic mass is 10.2. The monoisotopic (exact) mass is 377 g/mol. The van der Waals surface area contributed by atoms with Gasteiger partial charge in [0.1, 0.15) is 18.0 Å². The first-order valence-corrected chi connectivity index (χ1v) is 7.22. The van der Waals surface area contributed by atoms with Crippen molar-refractivity contribution in [2.45, 2.75) is 39.3 Å². The van der Waals surface area contributed by atoms with Crippen LogP contribution in [-0.4, -0.2) is 24.3 Å². The van der Waals surface area contributed by atoms with E-state index >= 15 is 0 Å². The highest BCUT2D eigenvalue weighted by Gasteiger charge is 2.17. The summed E-state index contributed by atoms with van der Waals surface area (Å²) < 4.78 is 11.9. The molecule has 0 spiro atoms. The minimum atomic E-state index is -0.485. The molecule has 1 N–H and O–H groups in total. The zero-order valence-electron chi connectivity index (χ0n) is 11.7. The molecule has 1 unspecified atom stereocenters. The van der Waals surface area contributed by atoms with E-state index in [1.807, 2.05) is 52.0 Å². The number of rotatable bonds is 4. The van der Waals surface area contributed by atoms with Gasteiger partial charge in [0, 0.05) is 3.57 Å². The molecule has 0 saturated carbocycles. The second-order valence-corrected chi connectivity index (χ2v) is 6.56. The Kier molecular flexibility index (Phi) is 5.90. The Labute approximate surface area is 128 Å². The smallest absolute Gasteiger partial charge is 0.407 e. The fraction of sp³-hybridized carbons (Fsp3) is 0.500. The van der Waals surface area contributed by atoms with Gasteiger partial charge in [0.05, 0.1) is 6.04 Å². The van der Waals surface area contributed by atoms with Crippen molar-refractivity contribution in [3.8, 4) is 5.75 Å². The van der Waals surface area contributed by atoms with Gasteiger partial charge < -0.3 is 14.8 Å². The van der Waals surface area contributed by atoms with Crippen molar-refractivity contribution in [3.63, 3.8) is 0 Å². The van der Waals surface area contributed by atoms with E-state index in [-0.39, 0.29) is 6.04 Å². The molecule has 19 heavy (non-hydrogen) atoms.